The summed E-state index contributed by atoms with van der Waals surface area (Å²) in [5.74, 6) is 1.25. The Balaban J connectivity index is 2.00. The van der Waals surface area contributed by atoms with Gasteiger partial charge in [-0.1, -0.05) is 51.9 Å². The lowest BCUT2D eigenvalue weighted by atomic mass is 10.0. The number of unbranched alkanes of at least 4 members (excludes halogenated alkanes) is 7. The Hall–Kier alpha value is -2.05. The van der Waals surface area contributed by atoms with Crippen LogP contribution < -0.4 is 4.74 Å². The topological polar surface area (TPSA) is 83.8 Å². The lowest BCUT2D eigenvalue weighted by molar-refractivity contribution is 0.459. The van der Waals surface area contributed by atoms with E-state index in [1.807, 2.05) is 0 Å². The molecule has 6 heteroatoms. The summed E-state index contributed by atoms with van der Waals surface area (Å²) in [6.45, 7) is 2.21. The summed E-state index contributed by atoms with van der Waals surface area (Å²) in [6.07, 6.45) is 10.1. The van der Waals surface area contributed by atoms with Crippen LogP contribution in [0.3, 0.4) is 0 Å². The lowest BCUT2D eigenvalue weighted by Crippen LogP contribution is -2.01. The molecule has 154 valence electrons. The molecule has 0 aliphatic carbocycles. The third-order valence-electron chi connectivity index (χ3n) is 4.69. The first-order valence-electron chi connectivity index (χ1n) is 9.97. The van der Waals surface area contributed by atoms with Crippen molar-refractivity contribution in [2.75, 3.05) is 0 Å². The maximum absolute atomic E-state index is 11.5. The smallest absolute Gasteiger partial charge is 0.294 e. The first-order valence-corrected chi connectivity index (χ1v) is 11.4. The second kappa shape index (κ2) is 11.1. The first kappa shape index (κ1) is 22.2. The highest BCUT2D eigenvalue weighted by molar-refractivity contribution is 7.85. The number of phenolic OH excluding ortho intramolecular Hbond substituents is 1. The average molecular weight is 407 g/mol. The van der Waals surface area contributed by atoms with Crippen molar-refractivity contribution < 1.29 is 22.8 Å². The van der Waals surface area contributed by atoms with Crippen LogP contribution in [0.1, 0.15) is 63.9 Å². The van der Waals surface area contributed by atoms with Gasteiger partial charge in [-0.05, 0) is 60.9 Å². The Labute approximate surface area is 168 Å². The SMILES string of the molecule is CCCCCCCCCCc1cc(S(=O)(=O)O)ccc1Oc1ccc(O)cc1. The highest BCUT2D eigenvalue weighted by atomic mass is 32.2. The quantitative estimate of drug-likeness (QED) is 0.328. The maximum atomic E-state index is 11.5. The second-order valence-electron chi connectivity index (χ2n) is 7.07. The van der Waals surface area contributed by atoms with Crippen molar-refractivity contribution >= 4 is 10.1 Å². The molecule has 0 fully saturated rings. The first-order chi connectivity index (χ1) is 13.4. The van der Waals surface area contributed by atoms with Crippen molar-refractivity contribution in [3.05, 3.63) is 48.0 Å². The number of aryl methyl sites for hydroxylation is 1. The van der Waals surface area contributed by atoms with E-state index in [1.165, 1.54) is 56.4 Å². The van der Waals surface area contributed by atoms with Crippen molar-refractivity contribution in [3.63, 3.8) is 0 Å². The maximum Gasteiger partial charge on any atom is 0.294 e. The average Bonchev–Trinajstić information content (AvgIpc) is 2.66. The summed E-state index contributed by atoms with van der Waals surface area (Å²) in [6, 6.07) is 10.7. The number of benzene rings is 2. The van der Waals surface area contributed by atoms with E-state index in [-0.39, 0.29) is 10.6 Å². The molecule has 0 saturated carbocycles. The molecule has 0 aliphatic heterocycles. The fourth-order valence-electron chi connectivity index (χ4n) is 3.10. The van der Waals surface area contributed by atoms with Crippen LogP contribution in [0.5, 0.6) is 17.2 Å². The molecule has 2 rings (SSSR count). The van der Waals surface area contributed by atoms with Crippen LogP contribution in [0.4, 0.5) is 0 Å². The van der Waals surface area contributed by atoms with Gasteiger partial charge in [0, 0.05) is 0 Å². The summed E-state index contributed by atoms with van der Waals surface area (Å²) in [7, 11) is -4.26. The van der Waals surface area contributed by atoms with Crippen molar-refractivity contribution in [2.45, 2.75) is 69.6 Å². The van der Waals surface area contributed by atoms with Gasteiger partial charge in [0.2, 0.25) is 0 Å². The number of ether oxygens (including phenoxy) is 1. The summed E-state index contributed by atoms with van der Waals surface area (Å²) in [5, 5.41) is 9.39. The molecule has 0 aromatic heterocycles. The standard InChI is InChI=1S/C22H30O5S/c1-2-3-4-5-6-7-8-9-10-18-17-21(28(24,25)26)15-16-22(18)27-20-13-11-19(23)12-14-20/h11-17,23H,2-10H2,1H3,(H,24,25,26). The van der Waals surface area contributed by atoms with Crippen LogP contribution >= 0.6 is 0 Å². The molecule has 0 aliphatic rings. The van der Waals surface area contributed by atoms with Crippen molar-refractivity contribution in [1.29, 1.82) is 0 Å². The third kappa shape index (κ3) is 7.52. The highest BCUT2D eigenvalue weighted by Gasteiger charge is 2.14. The molecule has 5 nitrogen and oxygen atoms in total. The molecule has 0 radical (unpaired) electrons. The van der Waals surface area contributed by atoms with E-state index in [4.69, 9.17) is 4.74 Å². The molecule has 2 aromatic rings. The Morgan fingerprint density at radius 1 is 0.857 bits per heavy atom. The van der Waals surface area contributed by atoms with Crippen LogP contribution in [0.2, 0.25) is 0 Å². The summed E-state index contributed by atoms with van der Waals surface area (Å²) in [4.78, 5) is -0.125. The number of aromatic hydroxyl groups is 1. The molecule has 2 N–H and O–H groups in total. The fraction of sp³-hybridized carbons (Fsp3) is 0.455. The zero-order valence-electron chi connectivity index (χ0n) is 16.4. The zero-order valence-corrected chi connectivity index (χ0v) is 17.2. The van der Waals surface area contributed by atoms with E-state index >= 15 is 0 Å². The van der Waals surface area contributed by atoms with Gasteiger partial charge in [0.25, 0.3) is 10.1 Å². The van der Waals surface area contributed by atoms with E-state index in [0.29, 0.717) is 17.9 Å². The van der Waals surface area contributed by atoms with Crippen LogP contribution in [-0.4, -0.2) is 18.1 Å². The number of hydrogen-bond donors (Lipinski definition) is 2. The minimum Gasteiger partial charge on any atom is -0.508 e. The van der Waals surface area contributed by atoms with Crippen molar-refractivity contribution in [3.8, 4) is 17.2 Å². The predicted molar refractivity (Wildman–Crippen MR) is 111 cm³/mol. The molecular weight excluding hydrogens is 376 g/mol. The van der Waals surface area contributed by atoms with Gasteiger partial charge in [-0.15, -0.1) is 0 Å². The molecule has 0 bridgehead atoms. The molecule has 0 amide bonds. The normalized spacial score (nSPS) is 11.5. The van der Waals surface area contributed by atoms with Crippen LogP contribution in [0.25, 0.3) is 0 Å². The minimum absolute atomic E-state index is 0.125. The summed E-state index contributed by atoms with van der Waals surface area (Å²) in [5.41, 5.74) is 0.745. The molecule has 0 atom stereocenters. The van der Waals surface area contributed by atoms with Crippen molar-refractivity contribution in [2.24, 2.45) is 0 Å². The molecule has 0 heterocycles. The number of hydrogen-bond acceptors (Lipinski definition) is 4. The Bertz CT molecular complexity index is 829. The van der Waals surface area contributed by atoms with E-state index < -0.39 is 10.1 Å². The molecule has 0 saturated heterocycles. The van der Waals surface area contributed by atoms with Crippen molar-refractivity contribution in [1.82, 2.24) is 0 Å². The molecule has 28 heavy (non-hydrogen) atoms. The molecular formula is C22H30O5S. The second-order valence-corrected chi connectivity index (χ2v) is 8.49. The molecule has 2 aromatic carbocycles. The Morgan fingerprint density at radius 2 is 1.46 bits per heavy atom. The number of phenols is 1. The Morgan fingerprint density at radius 3 is 2.07 bits per heavy atom. The van der Waals surface area contributed by atoms with Gasteiger partial charge in [-0.2, -0.15) is 8.42 Å². The summed E-state index contributed by atoms with van der Waals surface area (Å²) < 4.78 is 38.2. The fourth-order valence-corrected chi connectivity index (χ4v) is 3.63. The monoisotopic (exact) mass is 406 g/mol. The van der Waals surface area contributed by atoms with Crippen LogP contribution in [0, 0.1) is 0 Å². The zero-order chi connectivity index (χ0) is 20.4. The van der Waals surface area contributed by atoms with E-state index in [0.717, 1.165) is 24.8 Å². The predicted octanol–water partition coefficient (Wildman–Crippen LogP) is 6.11. The highest BCUT2D eigenvalue weighted by Crippen LogP contribution is 2.30. The van der Waals surface area contributed by atoms with Gasteiger partial charge >= 0.3 is 0 Å². The van der Waals surface area contributed by atoms with Crippen LogP contribution in [-0.2, 0) is 16.5 Å². The molecule has 0 spiro atoms. The van der Waals surface area contributed by atoms with Gasteiger partial charge in [-0.3, -0.25) is 4.55 Å². The van der Waals surface area contributed by atoms with Gasteiger partial charge in [0.05, 0.1) is 4.90 Å². The summed E-state index contributed by atoms with van der Waals surface area (Å²) >= 11 is 0. The minimum atomic E-state index is -4.26. The third-order valence-corrected chi connectivity index (χ3v) is 5.54. The van der Waals surface area contributed by atoms with E-state index in [2.05, 4.69) is 6.92 Å². The Kier molecular flexibility index (Phi) is 8.80. The van der Waals surface area contributed by atoms with E-state index in [9.17, 15) is 18.1 Å². The van der Waals surface area contributed by atoms with Gasteiger partial charge in [0.1, 0.15) is 17.2 Å². The van der Waals surface area contributed by atoms with Gasteiger partial charge < -0.3 is 9.84 Å². The van der Waals surface area contributed by atoms with Crippen LogP contribution in [0.15, 0.2) is 47.4 Å². The van der Waals surface area contributed by atoms with E-state index in [1.54, 1.807) is 18.2 Å². The number of rotatable bonds is 12. The largest absolute Gasteiger partial charge is 0.508 e. The molecule has 0 unspecified atom stereocenters. The van der Waals surface area contributed by atoms with Gasteiger partial charge in [0.15, 0.2) is 0 Å². The van der Waals surface area contributed by atoms with Gasteiger partial charge in [-0.25, -0.2) is 0 Å². The lowest BCUT2D eigenvalue weighted by Gasteiger charge is -2.13.